The van der Waals surface area contributed by atoms with Crippen LogP contribution in [0.5, 0.6) is 0 Å². The number of amides is 3. The van der Waals surface area contributed by atoms with Gasteiger partial charge in [0, 0.05) is 72.4 Å². The molecule has 3 amide bonds. The summed E-state index contributed by atoms with van der Waals surface area (Å²) in [6.45, 7) is 6.74. The van der Waals surface area contributed by atoms with E-state index in [-0.39, 0.29) is 17.9 Å². The number of rotatable bonds is 15. The van der Waals surface area contributed by atoms with Gasteiger partial charge in [0.1, 0.15) is 6.10 Å². The first-order valence-corrected chi connectivity index (χ1v) is 17.2. The number of piperidine rings is 1. The largest absolute Gasteiger partial charge is 0.446 e. The minimum atomic E-state index is -0.425. The van der Waals surface area contributed by atoms with Crippen molar-refractivity contribution in [1.29, 1.82) is 0 Å². The minimum absolute atomic E-state index is 0.0646. The Hall–Kier alpha value is -3.89. The number of ether oxygens (including phenoxy) is 1. The van der Waals surface area contributed by atoms with Crippen LogP contribution in [0.1, 0.15) is 55.1 Å². The number of nitrogens with zero attached hydrogens (tertiary/aromatic N) is 4. The van der Waals surface area contributed by atoms with Crippen LogP contribution in [0.2, 0.25) is 0 Å². The van der Waals surface area contributed by atoms with Crippen LogP contribution in [0, 0.1) is 0 Å². The Labute approximate surface area is 278 Å². The average molecular weight is 648 g/mol. The topological polar surface area (TPSA) is 85.4 Å². The zero-order chi connectivity index (χ0) is 32.9. The average Bonchev–Trinajstić information content (AvgIpc) is 3.58. The molecule has 4 rings (SSSR count). The van der Waals surface area contributed by atoms with Crippen LogP contribution >= 0.6 is 11.3 Å². The van der Waals surface area contributed by atoms with Gasteiger partial charge in [-0.25, -0.2) is 4.79 Å². The molecule has 0 bridgehead atoms. The lowest BCUT2D eigenvalue weighted by Crippen LogP contribution is -2.42. The van der Waals surface area contributed by atoms with Crippen LogP contribution in [0.15, 0.2) is 66.7 Å². The third-order valence-corrected chi connectivity index (χ3v) is 9.81. The summed E-state index contributed by atoms with van der Waals surface area (Å²) in [7, 11) is 5.76. The van der Waals surface area contributed by atoms with Crippen LogP contribution in [0.3, 0.4) is 0 Å². The number of thiophene rings is 1. The molecule has 1 aliphatic rings. The van der Waals surface area contributed by atoms with Crippen molar-refractivity contribution in [3.63, 3.8) is 0 Å². The van der Waals surface area contributed by atoms with E-state index >= 15 is 0 Å². The summed E-state index contributed by atoms with van der Waals surface area (Å²) in [4.78, 5) is 46.6. The first-order valence-electron chi connectivity index (χ1n) is 16.4. The lowest BCUT2D eigenvalue weighted by molar-refractivity contribution is -0.130. The van der Waals surface area contributed by atoms with E-state index in [1.54, 1.807) is 4.90 Å². The van der Waals surface area contributed by atoms with Crippen LogP contribution in [-0.4, -0.2) is 99.1 Å². The van der Waals surface area contributed by atoms with Crippen LogP contribution < -0.4 is 10.2 Å². The van der Waals surface area contributed by atoms with Gasteiger partial charge >= 0.3 is 6.09 Å². The molecule has 1 aromatic heterocycles. The fraction of sp³-hybridized carbons (Fsp3) is 0.472. The van der Waals surface area contributed by atoms with E-state index < -0.39 is 6.09 Å². The van der Waals surface area contributed by atoms with Gasteiger partial charge in [-0.3, -0.25) is 14.9 Å². The maximum Gasteiger partial charge on any atom is 0.411 e. The van der Waals surface area contributed by atoms with E-state index in [4.69, 9.17) is 4.74 Å². The van der Waals surface area contributed by atoms with Crippen LogP contribution in [0.4, 0.5) is 15.5 Å². The predicted molar refractivity (Wildman–Crippen MR) is 188 cm³/mol. The maximum absolute atomic E-state index is 12.7. The number of carbonyl (C=O) groups excluding carboxylic acids is 3. The Balaban J connectivity index is 1.07. The van der Waals surface area contributed by atoms with Gasteiger partial charge in [0.25, 0.3) is 5.91 Å². The van der Waals surface area contributed by atoms with E-state index in [2.05, 4.69) is 22.2 Å². The predicted octanol–water partition coefficient (Wildman–Crippen LogP) is 6.68. The summed E-state index contributed by atoms with van der Waals surface area (Å²) in [5.74, 6) is 0.246. The third-order valence-electron chi connectivity index (χ3n) is 8.62. The number of hydrogen-bond acceptors (Lipinski definition) is 7. The molecular formula is C36H49N5O4S. The molecule has 9 nitrogen and oxygen atoms in total. The molecule has 1 fully saturated rings. The molecule has 2 aromatic carbocycles. The number of anilines is 2. The number of hydrogen-bond donors (Lipinski definition) is 1. The lowest BCUT2D eigenvalue weighted by Gasteiger charge is -2.32. The molecule has 0 radical (unpaired) electrons. The number of nitrogens with one attached hydrogen (secondary N) is 1. The van der Waals surface area contributed by atoms with Crippen molar-refractivity contribution in [3.05, 3.63) is 71.6 Å². The van der Waals surface area contributed by atoms with Gasteiger partial charge in [0.15, 0.2) is 0 Å². The zero-order valence-corrected chi connectivity index (χ0v) is 28.6. The Morgan fingerprint density at radius 1 is 0.870 bits per heavy atom. The zero-order valence-electron chi connectivity index (χ0n) is 27.7. The van der Waals surface area contributed by atoms with Gasteiger partial charge in [-0.05, 0) is 56.4 Å². The molecule has 248 valence electrons. The Morgan fingerprint density at radius 3 is 2.33 bits per heavy atom. The fourth-order valence-corrected chi connectivity index (χ4v) is 6.49. The molecule has 1 saturated heterocycles. The van der Waals surface area contributed by atoms with Crippen molar-refractivity contribution in [1.82, 2.24) is 14.7 Å². The Morgan fingerprint density at radius 2 is 1.59 bits per heavy atom. The minimum Gasteiger partial charge on any atom is -0.446 e. The molecule has 1 aliphatic heterocycles. The van der Waals surface area contributed by atoms with Gasteiger partial charge in [-0.15, -0.1) is 11.3 Å². The molecule has 1 N–H and O–H groups in total. The first kappa shape index (κ1) is 35.0. The SMILES string of the molecule is CCN(C)C(=O)c1ccc(N(C)CCCCCC(=O)N(C)CCN2CCC(OC(=O)Nc3ccccc3-c3ccccc3)CC2)s1. The number of benzene rings is 2. The van der Waals surface area contributed by atoms with E-state index in [0.717, 1.165) is 85.0 Å². The molecule has 10 heteroatoms. The first-order chi connectivity index (χ1) is 22.2. The highest BCUT2D eigenvalue weighted by Crippen LogP contribution is 2.28. The summed E-state index contributed by atoms with van der Waals surface area (Å²) in [6.07, 6.45) is 4.41. The van der Waals surface area contributed by atoms with Crippen molar-refractivity contribution >= 4 is 39.9 Å². The van der Waals surface area contributed by atoms with Crippen molar-refractivity contribution < 1.29 is 19.1 Å². The molecule has 0 spiro atoms. The lowest BCUT2D eigenvalue weighted by atomic mass is 10.0. The molecule has 2 heterocycles. The van der Waals surface area contributed by atoms with Crippen molar-refractivity contribution in [3.8, 4) is 11.1 Å². The molecule has 0 unspecified atom stereocenters. The number of carbonyl (C=O) groups is 3. The van der Waals surface area contributed by atoms with Crippen LogP contribution in [-0.2, 0) is 9.53 Å². The standard InChI is InChI=1S/C36H49N5O4S/c1-5-38(2)35(43)32-19-20-34(46-32)40(4)23-13-7-10-18-33(42)39(3)26-27-41-24-21-29(22-25-41)45-36(44)37-31-17-12-11-16-30(31)28-14-8-6-9-15-28/h6,8-9,11-12,14-17,19-20,29H,5,7,10,13,18,21-27H2,1-4H3,(H,37,44). The van der Waals surface area contributed by atoms with Crippen molar-refractivity contribution in [2.24, 2.45) is 0 Å². The molecule has 0 atom stereocenters. The normalized spacial score (nSPS) is 13.7. The molecule has 0 saturated carbocycles. The van der Waals surface area contributed by atoms with Gasteiger partial charge in [-0.1, -0.05) is 55.0 Å². The fourth-order valence-electron chi connectivity index (χ4n) is 5.50. The van der Waals surface area contributed by atoms with Gasteiger partial charge in [0.05, 0.1) is 15.6 Å². The molecular weight excluding hydrogens is 598 g/mol. The van der Waals surface area contributed by atoms with Gasteiger partial charge in [0.2, 0.25) is 5.91 Å². The van der Waals surface area contributed by atoms with Crippen molar-refractivity contribution in [2.75, 3.05) is 70.6 Å². The van der Waals surface area contributed by atoms with Crippen LogP contribution in [0.25, 0.3) is 11.1 Å². The van der Waals surface area contributed by atoms with E-state index in [0.29, 0.717) is 19.5 Å². The molecule has 0 aliphatic carbocycles. The highest BCUT2D eigenvalue weighted by atomic mass is 32.1. The number of likely N-dealkylation sites (tertiary alicyclic amines) is 1. The Bertz CT molecular complexity index is 1410. The number of likely N-dealkylation sites (N-methyl/N-ethyl adjacent to an activating group) is 1. The maximum atomic E-state index is 12.7. The van der Waals surface area contributed by atoms with Gasteiger partial charge < -0.3 is 24.3 Å². The summed E-state index contributed by atoms with van der Waals surface area (Å²) in [5.41, 5.74) is 2.73. The number of para-hydroxylation sites is 1. The van der Waals surface area contributed by atoms with E-state index in [1.807, 2.05) is 92.6 Å². The Kier molecular flexibility index (Phi) is 13.5. The summed E-state index contributed by atoms with van der Waals surface area (Å²) >= 11 is 1.53. The van der Waals surface area contributed by atoms with Crippen molar-refractivity contribution in [2.45, 2.75) is 51.6 Å². The second kappa shape index (κ2) is 17.7. The summed E-state index contributed by atoms with van der Waals surface area (Å²) in [6, 6.07) is 21.6. The molecule has 3 aromatic rings. The highest BCUT2D eigenvalue weighted by Gasteiger charge is 2.23. The smallest absolute Gasteiger partial charge is 0.411 e. The van der Waals surface area contributed by atoms with E-state index in [1.165, 1.54) is 11.3 Å². The number of unbranched alkanes of at least 4 members (excludes halogenated alkanes) is 2. The second-order valence-electron chi connectivity index (χ2n) is 12.0. The van der Waals surface area contributed by atoms with Gasteiger partial charge in [-0.2, -0.15) is 0 Å². The summed E-state index contributed by atoms with van der Waals surface area (Å²) in [5, 5.41) is 4.02. The third kappa shape index (κ3) is 10.3. The van der Waals surface area contributed by atoms with E-state index in [9.17, 15) is 14.4 Å². The molecule has 46 heavy (non-hydrogen) atoms. The summed E-state index contributed by atoms with van der Waals surface area (Å²) < 4.78 is 5.77. The monoisotopic (exact) mass is 647 g/mol. The quantitative estimate of drug-likeness (QED) is 0.186. The second-order valence-corrected chi connectivity index (χ2v) is 13.0. The highest BCUT2D eigenvalue weighted by molar-refractivity contribution is 7.17.